The van der Waals surface area contributed by atoms with Crippen LogP contribution in [0.2, 0.25) is 5.02 Å². The Balaban J connectivity index is 2.31. The second-order valence-electron chi connectivity index (χ2n) is 2.67. The van der Waals surface area contributed by atoms with Gasteiger partial charge >= 0.3 is 0 Å². The minimum Gasteiger partial charge on any atom is -0.329 e. The van der Waals surface area contributed by atoms with Crippen molar-refractivity contribution in [3.8, 4) is 0 Å². The maximum absolute atomic E-state index is 12.9. The number of benzene rings is 1. The van der Waals surface area contributed by atoms with Gasteiger partial charge in [-0.25, -0.2) is 4.39 Å². The molecule has 15 heavy (non-hydrogen) atoms. The van der Waals surface area contributed by atoms with E-state index in [0.717, 1.165) is 0 Å². The molecule has 0 radical (unpaired) electrons. The van der Waals surface area contributed by atoms with Crippen LogP contribution in [0.3, 0.4) is 0 Å². The third-order valence-corrected chi connectivity index (χ3v) is 2.94. The second kappa shape index (κ2) is 4.26. The van der Waals surface area contributed by atoms with Crippen LogP contribution < -0.4 is 5.32 Å². The first-order chi connectivity index (χ1) is 7.15. The van der Waals surface area contributed by atoms with Crippen LogP contribution in [0.4, 0.5) is 15.2 Å². The Morgan fingerprint density at radius 2 is 2.33 bits per heavy atom. The van der Waals surface area contributed by atoms with Gasteiger partial charge in [-0.2, -0.15) is 0 Å². The van der Waals surface area contributed by atoms with E-state index in [1.54, 1.807) is 0 Å². The largest absolute Gasteiger partial charge is 0.329 e. The summed E-state index contributed by atoms with van der Waals surface area (Å²) in [5, 5.41) is 10.3. The van der Waals surface area contributed by atoms with Crippen molar-refractivity contribution in [3.63, 3.8) is 0 Å². The maximum atomic E-state index is 12.9. The molecule has 2 N–H and O–H groups in total. The highest BCUT2D eigenvalue weighted by Crippen LogP contribution is 2.26. The molecule has 0 bridgehead atoms. The number of hydrogen-bond donors (Lipinski definition) is 2. The summed E-state index contributed by atoms with van der Waals surface area (Å²) < 4.78 is 13.5. The Bertz CT molecular complexity index is 537. The van der Waals surface area contributed by atoms with E-state index in [0.29, 0.717) is 19.8 Å². The van der Waals surface area contributed by atoms with Crippen molar-refractivity contribution in [2.24, 2.45) is 0 Å². The fourth-order valence-electron chi connectivity index (χ4n) is 0.992. The SMILES string of the molecule is Fc1ccc(Cl)c(Nc2n[nH]c(=S)s2)c1. The van der Waals surface area contributed by atoms with Crippen LogP contribution in [0.15, 0.2) is 18.2 Å². The number of halogens is 2. The van der Waals surface area contributed by atoms with Gasteiger partial charge in [0, 0.05) is 0 Å². The molecule has 7 heteroatoms. The van der Waals surface area contributed by atoms with E-state index in [4.69, 9.17) is 23.8 Å². The number of anilines is 2. The Labute approximate surface area is 98.9 Å². The molecule has 0 aliphatic rings. The zero-order chi connectivity index (χ0) is 10.8. The summed E-state index contributed by atoms with van der Waals surface area (Å²) in [4.78, 5) is 0. The molecule has 0 saturated heterocycles. The molecule has 0 atom stereocenters. The molecule has 0 aliphatic heterocycles. The van der Waals surface area contributed by atoms with Crippen molar-refractivity contribution in [1.82, 2.24) is 10.2 Å². The van der Waals surface area contributed by atoms with Gasteiger partial charge in [-0.05, 0) is 30.4 Å². The van der Waals surface area contributed by atoms with Crippen molar-refractivity contribution >= 4 is 46.0 Å². The molecule has 0 aliphatic carbocycles. The van der Waals surface area contributed by atoms with E-state index in [9.17, 15) is 4.39 Å². The van der Waals surface area contributed by atoms with Gasteiger partial charge in [-0.15, -0.1) is 5.10 Å². The van der Waals surface area contributed by atoms with Crippen molar-refractivity contribution in [2.75, 3.05) is 5.32 Å². The van der Waals surface area contributed by atoms with Crippen molar-refractivity contribution in [2.45, 2.75) is 0 Å². The van der Waals surface area contributed by atoms with E-state index in [1.807, 2.05) is 0 Å². The van der Waals surface area contributed by atoms with Crippen molar-refractivity contribution in [3.05, 3.63) is 33.0 Å². The zero-order valence-corrected chi connectivity index (χ0v) is 9.64. The first-order valence-electron chi connectivity index (χ1n) is 3.93. The molecule has 0 saturated carbocycles. The number of rotatable bonds is 2. The van der Waals surface area contributed by atoms with E-state index < -0.39 is 0 Å². The summed E-state index contributed by atoms with van der Waals surface area (Å²) in [6, 6.07) is 4.07. The lowest BCUT2D eigenvalue weighted by molar-refractivity contribution is 0.628. The third-order valence-electron chi connectivity index (χ3n) is 1.61. The van der Waals surface area contributed by atoms with Gasteiger partial charge in [-0.1, -0.05) is 22.9 Å². The van der Waals surface area contributed by atoms with Crippen LogP contribution in [-0.2, 0) is 0 Å². The van der Waals surface area contributed by atoms with Gasteiger partial charge in [0.05, 0.1) is 10.7 Å². The summed E-state index contributed by atoms with van der Waals surface area (Å²) in [5.41, 5.74) is 0.467. The van der Waals surface area contributed by atoms with Crippen molar-refractivity contribution in [1.29, 1.82) is 0 Å². The Morgan fingerprint density at radius 3 is 3.00 bits per heavy atom. The normalized spacial score (nSPS) is 10.3. The minimum absolute atomic E-state index is 0.360. The monoisotopic (exact) mass is 261 g/mol. The molecule has 0 fully saturated rings. The standard InChI is InChI=1S/C8H5ClFN3S2/c9-5-2-1-4(10)3-6(5)11-7-12-13-8(14)15-7/h1-3H,(H,11,12)(H,13,14). The fraction of sp³-hybridized carbons (Fsp3) is 0. The molecule has 1 aromatic heterocycles. The molecule has 1 heterocycles. The second-order valence-corrected chi connectivity index (χ2v) is 4.74. The number of nitrogens with one attached hydrogen (secondary N) is 2. The number of H-pyrrole nitrogens is 1. The first-order valence-corrected chi connectivity index (χ1v) is 5.53. The fourth-order valence-corrected chi connectivity index (χ4v) is 1.96. The smallest absolute Gasteiger partial charge is 0.208 e. The summed E-state index contributed by atoms with van der Waals surface area (Å²) in [5.74, 6) is -0.360. The van der Waals surface area contributed by atoms with E-state index in [-0.39, 0.29) is 5.82 Å². The molecular formula is C8H5ClFN3S2. The van der Waals surface area contributed by atoms with Crippen LogP contribution in [0, 0.1) is 9.77 Å². The lowest BCUT2D eigenvalue weighted by Gasteiger charge is -2.03. The average Bonchev–Trinajstić information content (AvgIpc) is 2.58. The van der Waals surface area contributed by atoms with Crippen LogP contribution in [-0.4, -0.2) is 10.2 Å². The molecule has 2 rings (SSSR count). The van der Waals surface area contributed by atoms with Crippen LogP contribution in [0.5, 0.6) is 0 Å². The highest BCUT2D eigenvalue weighted by molar-refractivity contribution is 7.73. The number of aromatic nitrogens is 2. The number of nitrogens with zero attached hydrogens (tertiary/aromatic N) is 1. The molecular weight excluding hydrogens is 257 g/mol. The highest BCUT2D eigenvalue weighted by atomic mass is 35.5. The summed E-state index contributed by atoms with van der Waals surface area (Å²) >= 11 is 12.0. The molecule has 1 aromatic carbocycles. The predicted octanol–water partition coefficient (Wildman–Crippen LogP) is 3.74. The Kier molecular flexibility index (Phi) is 2.99. The Morgan fingerprint density at radius 1 is 1.53 bits per heavy atom. The summed E-state index contributed by atoms with van der Waals surface area (Å²) in [6.45, 7) is 0. The number of aromatic amines is 1. The first kappa shape index (κ1) is 10.5. The van der Waals surface area contributed by atoms with E-state index in [1.165, 1.54) is 29.5 Å². The molecule has 3 nitrogen and oxygen atoms in total. The van der Waals surface area contributed by atoms with Gasteiger partial charge < -0.3 is 5.32 Å². The topological polar surface area (TPSA) is 40.7 Å². The highest BCUT2D eigenvalue weighted by Gasteiger charge is 2.04. The Hall–Kier alpha value is -0.980. The van der Waals surface area contributed by atoms with Crippen LogP contribution >= 0.6 is 35.2 Å². The average molecular weight is 262 g/mol. The summed E-state index contributed by atoms with van der Waals surface area (Å²) in [6.07, 6.45) is 0. The van der Waals surface area contributed by atoms with Gasteiger partial charge in [0.25, 0.3) is 0 Å². The van der Waals surface area contributed by atoms with Gasteiger partial charge in [0.1, 0.15) is 5.82 Å². The molecule has 0 unspecified atom stereocenters. The van der Waals surface area contributed by atoms with Crippen molar-refractivity contribution < 1.29 is 4.39 Å². The quantitative estimate of drug-likeness (QED) is 0.809. The zero-order valence-electron chi connectivity index (χ0n) is 7.25. The lowest BCUT2D eigenvalue weighted by Crippen LogP contribution is -1.91. The van der Waals surface area contributed by atoms with Gasteiger partial charge in [0.15, 0.2) is 3.95 Å². The third kappa shape index (κ3) is 2.53. The molecule has 0 amide bonds. The molecule has 0 spiro atoms. The summed E-state index contributed by atoms with van der Waals surface area (Å²) in [7, 11) is 0. The predicted molar refractivity (Wildman–Crippen MR) is 62.0 cm³/mol. The minimum atomic E-state index is -0.360. The van der Waals surface area contributed by atoms with E-state index >= 15 is 0 Å². The van der Waals surface area contributed by atoms with Crippen LogP contribution in [0.1, 0.15) is 0 Å². The van der Waals surface area contributed by atoms with Crippen LogP contribution in [0.25, 0.3) is 0 Å². The lowest BCUT2D eigenvalue weighted by atomic mass is 10.3. The van der Waals surface area contributed by atoms with E-state index in [2.05, 4.69) is 15.5 Å². The van der Waals surface area contributed by atoms with Gasteiger partial charge in [0.2, 0.25) is 5.13 Å². The van der Waals surface area contributed by atoms with Gasteiger partial charge in [-0.3, -0.25) is 5.10 Å². The molecule has 78 valence electrons. The maximum Gasteiger partial charge on any atom is 0.208 e. The molecule has 2 aromatic rings. The number of hydrogen-bond acceptors (Lipinski definition) is 4.